The van der Waals surface area contributed by atoms with E-state index in [1.165, 1.54) is 4.90 Å². The van der Waals surface area contributed by atoms with Gasteiger partial charge in [-0.3, -0.25) is 9.59 Å². The Labute approximate surface area is 201 Å². The molecule has 0 bridgehead atoms. The molecule has 1 amide bonds. The van der Waals surface area contributed by atoms with Gasteiger partial charge >= 0.3 is 0 Å². The van der Waals surface area contributed by atoms with Gasteiger partial charge in [-0.25, -0.2) is 0 Å². The highest BCUT2D eigenvalue weighted by Crippen LogP contribution is 2.40. The van der Waals surface area contributed by atoms with Gasteiger partial charge in [-0.2, -0.15) is 0 Å². The van der Waals surface area contributed by atoms with Gasteiger partial charge in [-0.15, -0.1) is 0 Å². The number of hydrogen-bond donors (Lipinski definition) is 1. The molecule has 34 heavy (non-hydrogen) atoms. The summed E-state index contributed by atoms with van der Waals surface area (Å²) in [4.78, 5) is 29.7. The number of rotatable bonds is 10. The summed E-state index contributed by atoms with van der Waals surface area (Å²) in [6.07, 6.45) is 0.887. The molecule has 2 aromatic rings. The highest BCUT2D eigenvalue weighted by atomic mass is 16.5. The van der Waals surface area contributed by atoms with E-state index >= 15 is 0 Å². The normalized spacial score (nSPS) is 17.5. The van der Waals surface area contributed by atoms with Crippen LogP contribution in [0.5, 0.6) is 11.5 Å². The Morgan fingerprint density at radius 3 is 2.50 bits per heavy atom. The van der Waals surface area contributed by atoms with E-state index in [0.29, 0.717) is 43.2 Å². The van der Waals surface area contributed by atoms with Crippen LogP contribution in [0.3, 0.4) is 0 Å². The predicted molar refractivity (Wildman–Crippen MR) is 132 cm³/mol. The van der Waals surface area contributed by atoms with Crippen LogP contribution >= 0.6 is 0 Å². The highest BCUT2D eigenvalue weighted by Gasteiger charge is 2.46. The molecule has 1 aliphatic rings. The van der Waals surface area contributed by atoms with Crippen molar-refractivity contribution in [2.24, 2.45) is 0 Å². The summed E-state index contributed by atoms with van der Waals surface area (Å²) in [6, 6.07) is 11.9. The van der Waals surface area contributed by atoms with E-state index in [1.54, 1.807) is 18.2 Å². The number of ketones is 1. The van der Waals surface area contributed by atoms with Gasteiger partial charge in [-0.1, -0.05) is 19.1 Å². The lowest BCUT2D eigenvalue weighted by Crippen LogP contribution is -2.35. The minimum atomic E-state index is -0.711. The topological polar surface area (TPSA) is 79.3 Å². The molecular formula is C27H34N2O5. The number of carbonyl (C=O) groups excluding carboxylic acids is 2. The van der Waals surface area contributed by atoms with Crippen LogP contribution in [0.25, 0.3) is 5.76 Å². The van der Waals surface area contributed by atoms with Crippen LogP contribution in [0.1, 0.15) is 43.0 Å². The van der Waals surface area contributed by atoms with Gasteiger partial charge in [0.1, 0.15) is 17.3 Å². The minimum Gasteiger partial charge on any atom is -0.507 e. The molecular weight excluding hydrogens is 432 g/mol. The Hall–Kier alpha value is -3.32. The number of aliphatic hydroxyl groups excluding tert-OH is 1. The molecule has 0 aliphatic carbocycles. The lowest BCUT2D eigenvalue weighted by molar-refractivity contribution is -0.140. The molecule has 1 unspecified atom stereocenters. The van der Waals surface area contributed by atoms with Gasteiger partial charge in [0.05, 0.1) is 24.8 Å². The summed E-state index contributed by atoms with van der Waals surface area (Å²) in [5.74, 6) is -0.123. The lowest BCUT2D eigenvalue weighted by Gasteiger charge is -2.27. The monoisotopic (exact) mass is 466 g/mol. The molecule has 1 atom stereocenters. The molecule has 1 saturated heterocycles. The van der Waals surface area contributed by atoms with Crippen LogP contribution in [0.15, 0.2) is 48.0 Å². The van der Waals surface area contributed by atoms with Gasteiger partial charge in [0.2, 0.25) is 0 Å². The number of aryl methyl sites for hydroxylation is 1. The molecule has 1 heterocycles. The fourth-order valence-electron chi connectivity index (χ4n) is 4.03. The number of likely N-dealkylation sites (N-methyl/N-ethyl adjacent to an activating group) is 1. The zero-order valence-corrected chi connectivity index (χ0v) is 20.6. The smallest absolute Gasteiger partial charge is 0.295 e. The Kier molecular flexibility index (Phi) is 8.34. The third-order valence-corrected chi connectivity index (χ3v) is 5.72. The Bertz CT molecular complexity index is 1080. The Morgan fingerprint density at radius 1 is 1.09 bits per heavy atom. The van der Waals surface area contributed by atoms with E-state index in [1.807, 2.05) is 64.0 Å². The van der Waals surface area contributed by atoms with E-state index in [2.05, 4.69) is 0 Å². The zero-order valence-electron chi connectivity index (χ0n) is 20.6. The maximum absolute atomic E-state index is 13.2. The molecule has 3 rings (SSSR count). The number of carbonyl (C=O) groups is 2. The summed E-state index contributed by atoms with van der Waals surface area (Å²) in [6.45, 7) is 7.84. The zero-order chi connectivity index (χ0) is 24.8. The maximum Gasteiger partial charge on any atom is 0.295 e. The number of benzene rings is 2. The van der Waals surface area contributed by atoms with Crippen LogP contribution in [0.4, 0.5) is 0 Å². The van der Waals surface area contributed by atoms with Crippen molar-refractivity contribution in [3.05, 3.63) is 64.7 Å². The first kappa shape index (κ1) is 25.3. The second-order valence-electron chi connectivity index (χ2n) is 8.63. The van der Waals surface area contributed by atoms with Crippen molar-refractivity contribution in [3.63, 3.8) is 0 Å². The second-order valence-corrected chi connectivity index (χ2v) is 8.63. The van der Waals surface area contributed by atoms with E-state index in [-0.39, 0.29) is 11.3 Å². The van der Waals surface area contributed by atoms with Crippen LogP contribution in [-0.4, -0.2) is 67.0 Å². The molecule has 7 nitrogen and oxygen atoms in total. The van der Waals surface area contributed by atoms with E-state index in [0.717, 1.165) is 17.7 Å². The summed E-state index contributed by atoms with van der Waals surface area (Å²) in [7, 11) is 3.82. The molecule has 1 N–H and O–H groups in total. The van der Waals surface area contributed by atoms with Gasteiger partial charge < -0.3 is 24.4 Å². The number of amides is 1. The molecule has 1 aliphatic heterocycles. The average molecular weight is 467 g/mol. The van der Waals surface area contributed by atoms with Crippen LogP contribution < -0.4 is 9.47 Å². The summed E-state index contributed by atoms with van der Waals surface area (Å²) in [5, 5.41) is 11.3. The first-order valence-corrected chi connectivity index (χ1v) is 11.7. The van der Waals surface area contributed by atoms with Crippen molar-refractivity contribution in [1.29, 1.82) is 0 Å². The van der Waals surface area contributed by atoms with Crippen LogP contribution in [0.2, 0.25) is 0 Å². The number of nitrogens with zero attached hydrogens (tertiary/aromatic N) is 2. The quantitative estimate of drug-likeness (QED) is 0.322. The SMILES string of the molecule is CCCOc1ccc(/C(O)=C2\C(=O)C(=O)N(CCN(C)C)C2c2cccc(OCC)c2)cc1C. The fraction of sp³-hybridized carbons (Fsp3) is 0.407. The lowest BCUT2D eigenvalue weighted by atomic mass is 9.94. The molecule has 1 fully saturated rings. The fourth-order valence-corrected chi connectivity index (χ4v) is 4.03. The number of likely N-dealkylation sites (tertiary alicyclic amines) is 1. The summed E-state index contributed by atoms with van der Waals surface area (Å²) < 4.78 is 11.4. The average Bonchev–Trinajstić information content (AvgIpc) is 3.06. The molecule has 0 aromatic heterocycles. The van der Waals surface area contributed by atoms with Crippen molar-refractivity contribution in [3.8, 4) is 11.5 Å². The van der Waals surface area contributed by atoms with Gasteiger partial charge in [0.25, 0.3) is 11.7 Å². The van der Waals surface area contributed by atoms with Gasteiger partial charge in [0, 0.05) is 18.7 Å². The summed E-state index contributed by atoms with van der Waals surface area (Å²) >= 11 is 0. The minimum absolute atomic E-state index is 0.0824. The van der Waals surface area contributed by atoms with Crippen molar-refractivity contribution >= 4 is 17.4 Å². The standard InChI is InChI=1S/C27H34N2O5/c1-6-15-34-22-12-11-20(16-18(22)3)25(30)23-24(19-9-8-10-21(17-19)33-7-2)29(14-13-28(4)5)27(32)26(23)31/h8-12,16-17,24,30H,6-7,13-15H2,1-5H3/b25-23+. The first-order chi connectivity index (χ1) is 16.3. The first-order valence-electron chi connectivity index (χ1n) is 11.7. The Morgan fingerprint density at radius 2 is 1.85 bits per heavy atom. The van der Waals surface area contributed by atoms with E-state index in [9.17, 15) is 14.7 Å². The molecule has 182 valence electrons. The summed E-state index contributed by atoms with van der Waals surface area (Å²) in [5.41, 5.74) is 2.11. The molecule has 0 saturated carbocycles. The van der Waals surface area contributed by atoms with Crippen molar-refractivity contribution < 1.29 is 24.2 Å². The van der Waals surface area contributed by atoms with Crippen molar-refractivity contribution in [2.75, 3.05) is 40.4 Å². The van der Waals surface area contributed by atoms with E-state index in [4.69, 9.17) is 9.47 Å². The molecule has 0 spiro atoms. The number of aliphatic hydroxyl groups is 1. The Balaban J connectivity index is 2.11. The highest BCUT2D eigenvalue weighted by molar-refractivity contribution is 6.46. The van der Waals surface area contributed by atoms with Crippen molar-refractivity contribution in [1.82, 2.24) is 9.80 Å². The number of Topliss-reactive ketones (excluding diaryl/α,β-unsaturated/α-hetero) is 1. The molecule has 7 heteroatoms. The predicted octanol–water partition coefficient (Wildman–Crippen LogP) is 4.17. The largest absolute Gasteiger partial charge is 0.507 e. The van der Waals surface area contributed by atoms with Gasteiger partial charge in [0.15, 0.2) is 0 Å². The van der Waals surface area contributed by atoms with Crippen LogP contribution in [0, 0.1) is 6.92 Å². The van der Waals surface area contributed by atoms with Crippen molar-refractivity contribution in [2.45, 2.75) is 33.2 Å². The number of ether oxygens (including phenoxy) is 2. The third kappa shape index (κ3) is 5.42. The number of hydrogen-bond acceptors (Lipinski definition) is 6. The van der Waals surface area contributed by atoms with Crippen LogP contribution in [-0.2, 0) is 9.59 Å². The maximum atomic E-state index is 13.2. The molecule has 0 radical (unpaired) electrons. The van der Waals surface area contributed by atoms with Gasteiger partial charge in [-0.05, 0) is 75.8 Å². The second kappa shape index (κ2) is 11.2. The third-order valence-electron chi connectivity index (χ3n) is 5.72. The van der Waals surface area contributed by atoms with E-state index < -0.39 is 17.7 Å². The molecule has 2 aromatic carbocycles.